The molecule has 1 aliphatic heterocycles. The van der Waals surface area contributed by atoms with Crippen molar-refractivity contribution < 1.29 is 4.39 Å². The van der Waals surface area contributed by atoms with Gasteiger partial charge in [0.1, 0.15) is 5.82 Å². The van der Waals surface area contributed by atoms with Crippen LogP contribution in [0.4, 0.5) is 4.39 Å². The second kappa shape index (κ2) is 5.61. The molecule has 2 rings (SSSR count). The zero-order valence-electron chi connectivity index (χ0n) is 10.4. The van der Waals surface area contributed by atoms with Crippen molar-refractivity contribution in [2.75, 3.05) is 19.6 Å². The van der Waals surface area contributed by atoms with E-state index in [2.05, 4.69) is 11.8 Å². The Morgan fingerprint density at radius 2 is 2.00 bits per heavy atom. The molecule has 0 bridgehead atoms. The fourth-order valence-electron chi connectivity index (χ4n) is 2.40. The SMILES string of the molecule is CC1CCN(CC(N)c2ccccc2F)CC1. The van der Waals surface area contributed by atoms with E-state index in [-0.39, 0.29) is 11.9 Å². The molecule has 0 aliphatic carbocycles. The Morgan fingerprint density at radius 1 is 1.35 bits per heavy atom. The number of hydrogen-bond donors (Lipinski definition) is 1. The molecule has 0 amide bonds. The highest BCUT2D eigenvalue weighted by atomic mass is 19.1. The summed E-state index contributed by atoms with van der Waals surface area (Å²) in [6.45, 7) is 5.22. The summed E-state index contributed by atoms with van der Waals surface area (Å²) in [6.07, 6.45) is 2.45. The maximum absolute atomic E-state index is 13.6. The van der Waals surface area contributed by atoms with Gasteiger partial charge in [-0.3, -0.25) is 0 Å². The van der Waals surface area contributed by atoms with E-state index in [1.165, 1.54) is 18.9 Å². The lowest BCUT2D eigenvalue weighted by atomic mass is 9.98. The van der Waals surface area contributed by atoms with Crippen molar-refractivity contribution in [3.63, 3.8) is 0 Å². The van der Waals surface area contributed by atoms with E-state index in [9.17, 15) is 4.39 Å². The molecule has 2 nitrogen and oxygen atoms in total. The molecule has 1 heterocycles. The number of rotatable bonds is 3. The van der Waals surface area contributed by atoms with Gasteiger partial charge in [0.15, 0.2) is 0 Å². The average Bonchev–Trinajstić information content (AvgIpc) is 2.32. The zero-order valence-corrected chi connectivity index (χ0v) is 10.4. The summed E-state index contributed by atoms with van der Waals surface area (Å²) in [5, 5.41) is 0. The Balaban J connectivity index is 1.93. The first-order chi connectivity index (χ1) is 8.16. The van der Waals surface area contributed by atoms with Gasteiger partial charge in [0.05, 0.1) is 0 Å². The standard InChI is InChI=1S/C14H21FN2/c1-11-6-8-17(9-7-11)10-14(16)12-4-2-3-5-13(12)15/h2-5,11,14H,6-10,16H2,1H3. The summed E-state index contributed by atoms with van der Waals surface area (Å²) in [6, 6.07) is 6.59. The largest absolute Gasteiger partial charge is 0.323 e. The molecule has 0 saturated carbocycles. The van der Waals surface area contributed by atoms with E-state index in [1.807, 2.05) is 6.07 Å². The summed E-state index contributed by atoms with van der Waals surface area (Å²) in [7, 11) is 0. The Kier molecular flexibility index (Phi) is 4.13. The summed E-state index contributed by atoms with van der Waals surface area (Å²) in [4.78, 5) is 2.34. The van der Waals surface area contributed by atoms with Crippen molar-refractivity contribution >= 4 is 0 Å². The van der Waals surface area contributed by atoms with E-state index >= 15 is 0 Å². The number of nitrogens with two attached hydrogens (primary N) is 1. The highest BCUT2D eigenvalue weighted by molar-refractivity contribution is 5.21. The molecule has 94 valence electrons. The van der Waals surface area contributed by atoms with Gasteiger partial charge in [-0.1, -0.05) is 25.1 Å². The summed E-state index contributed by atoms with van der Waals surface area (Å²) in [5.41, 5.74) is 6.71. The Bertz CT molecular complexity index is 359. The van der Waals surface area contributed by atoms with Crippen LogP contribution in [0.15, 0.2) is 24.3 Å². The minimum atomic E-state index is -0.218. The molecule has 0 spiro atoms. The van der Waals surface area contributed by atoms with Crippen LogP contribution in [0.3, 0.4) is 0 Å². The van der Waals surface area contributed by atoms with Gasteiger partial charge in [-0.05, 0) is 37.9 Å². The molecule has 1 fully saturated rings. The zero-order chi connectivity index (χ0) is 12.3. The third kappa shape index (κ3) is 3.27. The van der Waals surface area contributed by atoms with E-state index < -0.39 is 0 Å². The molecule has 3 heteroatoms. The van der Waals surface area contributed by atoms with Crippen LogP contribution in [0.25, 0.3) is 0 Å². The topological polar surface area (TPSA) is 29.3 Å². The first-order valence-electron chi connectivity index (χ1n) is 6.39. The van der Waals surface area contributed by atoms with Crippen LogP contribution >= 0.6 is 0 Å². The van der Waals surface area contributed by atoms with Gasteiger partial charge in [-0.2, -0.15) is 0 Å². The van der Waals surface area contributed by atoms with E-state index in [0.717, 1.165) is 25.6 Å². The van der Waals surface area contributed by atoms with E-state index in [0.29, 0.717) is 5.56 Å². The van der Waals surface area contributed by atoms with Gasteiger partial charge < -0.3 is 10.6 Å². The van der Waals surface area contributed by atoms with Crippen LogP contribution in [0.1, 0.15) is 31.4 Å². The molecular weight excluding hydrogens is 215 g/mol. The molecular formula is C14H21FN2. The lowest BCUT2D eigenvalue weighted by Crippen LogP contribution is -2.38. The number of hydrogen-bond acceptors (Lipinski definition) is 2. The Labute approximate surface area is 103 Å². The minimum absolute atomic E-state index is 0.189. The quantitative estimate of drug-likeness (QED) is 0.874. The molecule has 1 aliphatic rings. The van der Waals surface area contributed by atoms with E-state index in [4.69, 9.17) is 5.73 Å². The normalized spacial score (nSPS) is 20.4. The fraction of sp³-hybridized carbons (Fsp3) is 0.571. The first kappa shape index (κ1) is 12.5. The second-order valence-electron chi connectivity index (χ2n) is 5.11. The van der Waals surface area contributed by atoms with Gasteiger partial charge in [0.25, 0.3) is 0 Å². The molecule has 1 aromatic rings. The van der Waals surface area contributed by atoms with Crippen LogP contribution in [0.5, 0.6) is 0 Å². The Morgan fingerprint density at radius 3 is 2.65 bits per heavy atom. The third-order valence-electron chi connectivity index (χ3n) is 3.64. The van der Waals surface area contributed by atoms with Gasteiger partial charge >= 0.3 is 0 Å². The van der Waals surface area contributed by atoms with Crippen molar-refractivity contribution in [2.24, 2.45) is 11.7 Å². The number of nitrogens with zero attached hydrogens (tertiary/aromatic N) is 1. The lowest BCUT2D eigenvalue weighted by Gasteiger charge is -2.32. The number of halogens is 1. The lowest BCUT2D eigenvalue weighted by molar-refractivity contribution is 0.182. The molecule has 1 atom stereocenters. The van der Waals surface area contributed by atoms with Crippen molar-refractivity contribution in [3.05, 3.63) is 35.6 Å². The molecule has 0 aromatic heterocycles. The maximum atomic E-state index is 13.6. The number of piperidine rings is 1. The fourth-order valence-corrected chi connectivity index (χ4v) is 2.40. The molecule has 2 N–H and O–H groups in total. The predicted octanol–water partition coefficient (Wildman–Crippen LogP) is 2.56. The van der Waals surface area contributed by atoms with Crippen LogP contribution < -0.4 is 5.73 Å². The summed E-state index contributed by atoms with van der Waals surface area (Å²) < 4.78 is 13.6. The molecule has 17 heavy (non-hydrogen) atoms. The van der Waals surface area contributed by atoms with Gasteiger partial charge in [0.2, 0.25) is 0 Å². The van der Waals surface area contributed by atoms with Crippen LogP contribution in [0.2, 0.25) is 0 Å². The highest BCUT2D eigenvalue weighted by Crippen LogP contribution is 2.20. The van der Waals surface area contributed by atoms with Crippen molar-refractivity contribution in [3.8, 4) is 0 Å². The second-order valence-corrected chi connectivity index (χ2v) is 5.11. The molecule has 0 radical (unpaired) electrons. The van der Waals surface area contributed by atoms with Crippen LogP contribution in [-0.4, -0.2) is 24.5 Å². The minimum Gasteiger partial charge on any atom is -0.323 e. The summed E-state index contributed by atoms with van der Waals surface area (Å²) in [5.74, 6) is 0.626. The maximum Gasteiger partial charge on any atom is 0.128 e. The molecule has 1 saturated heterocycles. The first-order valence-corrected chi connectivity index (χ1v) is 6.39. The van der Waals surface area contributed by atoms with Crippen molar-refractivity contribution in [1.29, 1.82) is 0 Å². The summed E-state index contributed by atoms with van der Waals surface area (Å²) >= 11 is 0. The third-order valence-corrected chi connectivity index (χ3v) is 3.64. The predicted molar refractivity (Wildman–Crippen MR) is 68.2 cm³/mol. The molecule has 1 aromatic carbocycles. The Hall–Kier alpha value is -0.930. The number of likely N-dealkylation sites (tertiary alicyclic amines) is 1. The monoisotopic (exact) mass is 236 g/mol. The smallest absolute Gasteiger partial charge is 0.128 e. The van der Waals surface area contributed by atoms with Crippen molar-refractivity contribution in [2.45, 2.75) is 25.8 Å². The van der Waals surface area contributed by atoms with Gasteiger partial charge in [0, 0.05) is 18.2 Å². The van der Waals surface area contributed by atoms with Crippen LogP contribution in [-0.2, 0) is 0 Å². The van der Waals surface area contributed by atoms with Crippen molar-refractivity contribution in [1.82, 2.24) is 4.90 Å². The highest BCUT2D eigenvalue weighted by Gasteiger charge is 2.19. The van der Waals surface area contributed by atoms with Gasteiger partial charge in [-0.15, -0.1) is 0 Å². The molecule has 1 unspecified atom stereocenters. The van der Waals surface area contributed by atoms with Gasteiger partial charge in [-0.25, -0.2) is 4.39 Å². The van der Waals surface area contributed by atoms with Crippen LogP contribution in [0, 0.1) is 11.7 Å². The average molecular weight is 236 g/mol. The number of benzene rings is 1. The van der Waals surface area contributed by atoms with E-state index in [1.54, 1.807) is 12.1 Å².